The van der Waals surface area contributed by atoms with Crippen LogP contribution in [0.2, 0.25) is 0 Å². The van der Waals surface area contributed by atoms with E-state index in [0.717, 1.165) is 0 Å². The lowest BCUT2D eigenvalue weighted by Crippen LogP contribution is -2.37. The minimum atomic E-state index is -3.01. The third kappa shape index (κ3) is 3.80. The first-order valence-electron chi connectivity index (χ1n) is 6.57. The van der Waals surface area contributed by atoms with E-state index in [1.54, 1.807) is 11.3 Å². The number of hydrogen-bond acceptors (Lipinski definition) is 5. The first-order chi connectivity index (χ1) is 9.39. The molecule has 1 aromatic rings. The number of carbonyl (C=O) groups excluding carboxylic acids is 1. The monoisotopic (exact) mass is 316 g/mol. The summed E-state index contributed by atoms with van der Waals surface area (Å²) in [7, 11) is 0.930. The Kier molecular flexibility index (Phi) is 4.82. The molecule has 1 N–H and O–H groups in total. The molecule has 0 radical (unpaired) electrons. The Morgan fingerprint density at radius 2 is 2.30 bits per heavy atom. The maximum atomic E-state index is 12.0. The molecule has 1 aliphatic rings. The van der Waals surface area contributed by atoms with Gasteiger partial charge in [-0.05, 0) is 32.0 Å². The van der Waals surface area contributed by atoms with Gasteiger partial charge < -0.3 is 10.2 Å². The number of carbonyl (C=O) groups is 1. The molecule has 0 bridgehead atoms. The molecular weight excluding hydrogens is 296 g/mol. The molecule has 2 heterocycles. The Morgan fingerprint density at radius 1 is 1.55 bits per heavy atom. The fourth-order valence-electron chi connectivity index (χ4n) is 2.36. The number of nitrogens with one attached hydrogen (secondary N) is 1. The van der Waals surface area contributed by atoms with Crippen LogP contribution in [-0.4, -0.2) is 51.4 Å². The molecule has 0 aliphatic carbocycles. The zero-order valence-corrected chi connectivity index (χ0v) is 13.3. The summed E-state index contributed by atoms with van der Waals surface area (Å²) in [6.07, 6.45) is 0.444. The normalized spacial score (nSPS) is 22.9. The van der Waals surface area contributed by atoms with Gasteiger partial charge in [-0.25, -0.2) is 8.42 Å². The van der Waals surface area contributed by atoms with Crippen LogP contribution in [0.4, 0.5) is 0 Å². The van der Waals surface area contributed by atoms with Gasteiger partial charge in [0.05, 0.1) is 23.5 Å². The number of thiophene rings is 1. The van der Waals surface area contributed by atoms with Gasteiger partial charge in [-0.2, -0.15) is 0 Å². The lowest BCUT2D eigenvalue weighted by Gasteiger charge is -2.24. The quantitative estimate of drug-likeness (QED) is 0.876. The summed E-state index contributed by atoms with van der Waals surface area (Å²) in [4.78, 5) is 15.3. The van der Waals surface area contributed by atoms with E-state index >= 15 is 0 Å². The summed E-state index contributed by atoms with van der Waals surface area (Å²) in [5, 5.41) is 4.90. The number of likely N-dealkylation sites (N-methyl/N-ethyl adjacent to an activating group) is 1. The molecule has 2 rings (SSSR count). The zero-order valence-electron chi connectivity index (χ0n) is 11.7. The third-order valence-electron chi connectivity index (χ3n) is 3.57. The Labute approximate surface area is 123 Å². The topological polar surface area (TPSA) is 66.5 Å². The van der Waals surface area contributed by atoms with Crippen LogP contribution in [-0.2, 0) is 14.6 Å². The molecule has 0 spiro atoms. The molecule has 0 aromatic carbocycles. The lowest BCUT2D eigenvalue weighted by molar-refractivity contribution is -0.124. The molecular formula is C13H20N2O3S2. The van der Waals surface area contributed by atoms with Crippen molar-refractivity contribution in [1.29, 1.82) is 0 Å². The Morgan fingerprint density at radius 3 is 2.80 bits per heavy atom. The Bertz CT molecular complexity index is 552. The van der Waals surface area contributed by atoms with Gasteiger partial charge in [0.1, 0.15) is 0 Å². The largest absolute Gasteiger partial charge is 0.354 e. The molecule has 1 fully saturated rings. The summed E-state index contributed by atoms with van der Waals surface area (Å²) in [6.45, 7) is 0.503. The van der Waals surface area contributed by atoms with Gasteiger partial charge in [0, 0.05) is 11.4 Å². The predicted octanol–water partition coefficient (Wildman–Crippen LogP) is 0.902. The van der Waals surface area contributed by atoms with Crippen molar-refractivity contribution in [3.8, 4) is 0 Å². The molecule has 1 amide bonds. The van der Waals surface area contributed by atoms with E-state index < -0.39 is 9.84 Å². The van der Waals surface area contributed by atoms with Gasteiger partial charge in [-0.1, -0.05) is 6.07 Å². The average molecular weight is 316 g/mol. The van der Waals surface area contributed by atoms with Crippen molar-refractivity contribution in [3.05, 3.63) is 22.4 Å². The van der Waals surface area contributed by atoms with Crippen LogP contribution in [0.3, 0.4) is 0 Å². The fraction of sp³-hybridized carbons (Fsp3) is 0.615. The minimum Gasteiger partial charge on any atom is -0.354 e. The second kappa shape index (κ2) is 6.24. The smallest absolute Gasteiger partial charge is 0.224 e. The second-order valence-corrected chi connectivity index (χ2v) is 8.55. The van der Waals surface area contributed by atoms with E-state index in [1.165, 1.54) is 4.88 Å². The SMILES string of the molecule is CN(C)C(CNC(=O)C1CCS(=O)(=O)C1)c1cccs1. The number of sulfone groups is 1. The van der Waals surface area contributed by atoms with Crippen molar-refractivity contribution >= 4 is 27.1 Å². The van der Waals surface area contributed by atoms with Gasteiger partial charge in [0.15, 0.2) is 9.84 Å². The van der Waals surface area contributed by atoms with Crippen LogP contribution in [0.1, 0.15) is 17.3 Å². The standard InChI is InChI=1S/C13H20N2O3S2/c1-15(2)11(12-4-3-6-19-12)8-14-13(16)10-5-7-20(17,18)9-10/h3-4,6,10-11H,5,7-9H2,1-2H3,(H,14,16). The van der Waals surface area contributed by atoms with Crippen LogP contribution in [0.15, 0.2) is 17.5 Å². The van der Waals surface area contributed by atoms with E-state index in [-0.39, 0.29) is 29.4 Å². The summed E-state index contributed by atoms with van der Waals surface area (Å²) in [5.74, 6) is -0.405. The van der Waals surface area contributed by atoms with Gasteiger partial charge in [0.25, 0.3) is 0 Å². The van der Waals surface area contributed by atoms with Gasteiger partial charge in [-0.15, -0.1) is 11.3 Å². The van der Waals surface area contributed by atoms with Crippen LogP contribution < -0.4 is 5.32 Å². The van der Waals surface area contributed by atoms with Crippen molar-refractivity contribution in [2.75, 3.05) is 32.1 Å². The first-order valence-corrected chi connectivity index (χ1v) is 9.27. The first kappa shape index (κ1) is 15.5. The molecule has 20 heavy (non-hydrogen) atoms. The van der Waals surface area contributed by atoms with Crippen molar-refractivity contribution in [3.63, 3.8) is 0 Å². The summed E-state index contributed by atoms with van der Waals surface area (Å²) < 4.78 is 22.8. The van der Waals surface area contributed by atoms with E-state index in [9.17, 15) is 13.2 Å². The van der Waals surface area contributed by atoms with Gasteiger partial charge in [0.2, 0.25) is 5.91 Å². The molecule has 112 valence electrons. The highest BCUT2D eigenvalue weighted by Gasteiger charge is 2.33. The molecule has 1 aromatic heterocycles. The van der Waals surface area contributed by atoms with Crippen LogP contribution >= 0.6 is 11.3 Å². The van der Waals surface area contributed by atoms with Crippen LogP contribution in [0, 0.1) is 5.92 Å². The maximum absolute atomic E-state index is 12.0. The Hall–Kier alpha value is -0.920. The van der Waals surface area contributed by atoms with Crippen molar-refractivity contribution in [2.24, 2.45) is 5.92 Å². The number of nitrogens with zero attached hydrogens (tertiary/aromatic N) is 1. The highest BCUT2D eigenvalue weighted by atomic mass is 32.2. The van der Waals surface area contributed by atoms with E-state index in [1.807, 2.05) is 31.6 Å². The van der Waals surface area contributed by atoms with E-state index in [4.69, 9.17) is 0 Å². The predicted molar refractivity (Wildman–Crippen MR) is 80.5 cm³/mol. The van der Waals surface area contributed by atoms with Gasteiger partial charge in [-0.3, -0.25) is 4.79 Å². The average Bonchev–Trinajstić information content (AvgIpc) is 2.98. The molecule has 1 saturated heterocycles. The second-order valence-electron chi connectivity index (χ2n) is 5.34. The van der Waals surface area contributed by atoms with Crippen LogP contribution in [0.25, 0.3) is 0 Å². The molecule has 0 saturated carbocycles. The third-order valence-corrected chi connectivity index (χ3v) is 6.31. The van der Waals surface area contributed by atoms with E-state index in [0.29, 0.717) is 13.0 Å². The summed E-state index contributed by atoms with van der Waals surface area (Å²) >= 11 is 1.65. The zero-order chi connectivity index (χ0) is 14.8. The highest BCUT2D eigenvalue weighted by molar-refractivity contribution is 7.91. The summed E-state index contributed by atoms with van der Waals surface area (Å²) in [5.41, 5.74) is 0. The molecule has 2 atom stereocenters. The molecule has 1 aliphatic heterocycles. The highest BCUT2D eigenvalue weighted by Crippen LogP contribution is 2.23. The molecule has 2 unspecified atom stereocenters. The van der Waals surface area contributed by atoms with Crippen LogP contribution in [0.5, 0.6) is 0 Å². The summed E-state index contributed by atoms with van der Waals surface area (Å²) in [6, 6.07) is 4.15. The fourth-order valence-corrected chi connectivity index (χ4v) is 5.03. The molecule has 7 heteroatoms. The van der Waals surface area contributed by atoms with Crippen molar-refractivity contribution in [1.82, 2.24) is 10.2 Å². The Balaban J connectivity index is 1.92. The minimum absolute atomic E-state index is 0.00946. The molecule has 5 nitrogen and oxygen atoms in total. The van der Waals surface area contributed by atoms with E-state index in [2.05, 4.69) is 10.2 Å². The maximum Gasteiger partial charge on any atom is 0.224 e. The number of amides is 1. The van der Waals surface area contributed by atoms with Crippen molar-refractivity contribution in [2.45, 2.75) is 12.5 Å². The lowest BCUT2D eigenvalue weighted by atomic mass is 10.1. The van der Waals surface area contributed by atoms with Crippen molar-refractivity contribution < 1.29 is 13.2 Å². The van der Waals surface area contributed by atoms with Gasteiger partial charge >= 0.3 is 0 Å². The number of hydrogen-bond donors (Lipinski definition) is 1. The number of rotatable bonds is 5.